The van der Waals surface area contributed by atoms with Crippen LogP contribution < -0.4 is 0 Å². The van der Waals surface area contributed by atoms with Crippen molar-refractivity contribution in [3.05, 3.63) is 23.3 Å². The van der Waals surface area contributed by atoms with Crippen LogP contribution >= 0.6 is 0 Å². The summed E-state index contributed by atoms with van der Waals surface area (Å²) in [6.45, 7) is 2.31. The number of carboxylic acid groups (broad SMARTS) is 1. The molecule has 0 amide bonds. The zero-order valence-electron chi connectivity index (χ0n) is 10.9. The van der Waals surface area contributed by atoms with Gasteiger partial charge in [0.25, 0.3) is 0 Å². The number of ether oxygens (including phenoxy) is 1. The van der Waals surface area contributed by atoms with Crippen LogP contribution in [0.1, 0.15) is 46.7 Å². The number of carbonyl (C=O) groups is 1. The summed E-state index contributed by atoms with van der Waals surface area (Å²) >= 11 is 0. The van der Waals surface area contributed by atoms with E-state index in [0.717, 1.165) is 25.9 Å². The van der Waals surface area contributed by atoms with E-state index in [1.54, 1.807) is 0 Å². The second kappa shape index (κ2) is 4.86. The molecule has 0 spiro atoms. The summed E-state index contributed by atoms with van der Waals surface area (Å²) in [5.41, 5.74) is 0.907. The van der Waals surface area contributed by atoms with Crippen molar-refractivity contribution in [1.29, 1.82) is 0 Å². The number of morpholine rings is 1. The minimum atomic E-state index is -0.949. The Bertz CT molecular complexity index is 502. The normalized spacial score (nSPS) is 24.4. The van der Waals surface area contributed by atoms with Gasteiger partial charge in [0.05, 0.1) is 17.9 Å². The molecule has 2 heterocycles. The first-order valence-corrected chi connectivity index (χ1v) is 6.55. The van der Waals surface area contributed by atoms with Gasteiger partial charge in [-0.25, -0.2) is 14.8 Å². The van der Waals surface area contributed by atoms with E-state index in [4.69, 9.17) is 9.84 Å². The molecule has 1 N–H and O–H groups in total. The van der Waals surface area contributed by atoms with Crippen LogP contribution in [0.15, 0.2) is 6.20 Å². The molecule has 2 fully saturated rings. The topological polar surface area (TPSA) is 75.5 Å². The summed E-state index contributed by atoms with van der Waals surface area (Å²) in [5.74, 6) is -0.0530. The Morgan fingerprint density at radius 3 is 2.95 bits per heavy atom. The molecule has 102 valence electrons. The predicted molar refractivity (Wildman–Crippen MR) is 67.2 cm³/mol. The molecule has 1 aromatic rings. The standard InChI is InChI=1S/C13H17N3O3/c1-16-4-5-19-10(7-16)12-14-6-9(13(17)18)11(15-12)8-2-3-8/h6,8,10H,2-5,7H2,1H3,(H,17,18). The Balaban J connectivity index is 1.90. The molecule has 1 atom stereocenters. The molecular formula is C13H17N3O3. The quantitative estimate of drug-likeness (QED) is 0.878. The van der Waals surface area contributed by atoms with Gasteiger partial charge in [0.2, 0.25) is 0 Å². The van der Waals surface area contributed by atoms with Gasteiger partial charge in [0, 0.05) is 25.2 Å². The largest absolute Gasteiger partial charge is 0.478 e. The van der Waals surface area contributed by atoms with Gasteiger partial charge in [-0.05, 0) is 19.9 Å². The molecule has 1 unspecified atom stereocenters. The maximum atomic E-state index is 11.2. The summed E-state index contributed by atoms with van der Waals surface area (Å²) in [6, 6.07) is 0. The fourth-order valence-corrected chi connectivity index (χ4v) is 2.33. The molecule has 1 saturated heterocycles. The second-order valence-electron chi connectivity index (χ2n) is 5.23. The molecule has 0 radical (unpaired) electrons. The second-order valence-corrected chi connectivity index (χ2v) is 5.23. The van der Waals surface area contributed by atoms with Gasteiger partial charge in [0.15, 0.2) is 5.82 Å². The minimum Gasteiger partial charge on any atom is -0.478 e. The number of nitrogens with zero attached hydrogens (tertiary/aromatic N) is 3. The molecule has 1 aliphatic heterocycles. The number of carboxylic acids is 1. The molecule has 1 aliphatic carbocycles. The lowest BCUT2D eigenvalue weighted by Crippen LogP contribution is -2.36. The fraction of sp³-hybridized carbons (Fsp3) is 0.615. The Kier molecular flexibility index (Phi) is 3.20. The average Bonchev–Trinajstić information content (AvgIpc) is 3.22. The fourth-order valence-electron chi connectivity index (χ4n) is 2.33. The van der Waals surface area contributed by atoms with Gasteiger partial charge in [0.1, 0.15) is 6.10 Å². The molecule has 1 aromatic heterocycles. The van der Waals surface area contributed by atoms with E-state index >= 15 is 0 Å². The number of aromatic nitrogens is 2. The van der Waals surface area contributed by atoms with Gasteiger partial charge < -0.3 is 14.7 Å². The zero-order valence-corrected chi connectivity index (χ0v) is 10.9. The van der Waals surface area contributed by atoms with Gasteiger partial charge in [-0.15, -0.1) is 0 Å². The van der Waals surface area contributed by atoms with Crippen molar-refractivity contribution in [3.63, 3.8) is 0 Å². The first-order valence-electron chi connectivity index (χ1n) is 6.55. The Hall–Kier alpha value is -1.53. The number of likely N-dealkylation sites (N-methyl/N-ethyl adjacent to an activating group) is 1. The Morgan fingerprint density at radius 1 is 1.53 bits per heavy atom. The van der Waals surface area contributed by atoms with E-state index in [2.05, 4.69) is 14.9 Å². The van der Waals surface area contributed by atoms with Gasteiger partial charge in [-0.3, -0.25) is 0 Å². The van der Waals surface area contributed by atoms with E-state index in [0.29, 0.717) is 18.1 Å². The molecule has 0 aromatic carbocycles. The van der Waals surface area contributed by atoms with Crippen LogP contribution in [0.4, 0.5) is 0 Å². The maximum Gasteiger partial charge on any atom is 0.339 e. The third-order valence-electron chi connectivity index (χ3n) is 3.59. The smallest absolute Gasteiger partial charge is 0.339 e. The van der Waals surface area contributed by atoms with E-state index in [9.17, 15) is 4.79 Å². The minimum absolute atomic E-state index is 0.154. The maximum absolute atomic E-state index is 11.2. The van der Waals surface area contributed by atoms with Crippen molar-refractivity contribution >= 4 is 5.97 Å². The van der Waals surface area contributed by atoms with Crippen LogP contribution in [0.3, 0.4) is 0 Å². The number of hydrogen-bond acceptors (Lipinski definition) is 5. The van der Waals surface area contributed by atoms with Crippen molar-refractivity contribution in [2.45, 2.75) is 24.9 Å². The SMILES string of the molecule is CN1CCOC(c2ncc(C(=O)O)c(C3CC3)n2)C1. The van der Waals surface area contributed by atoms with Crippen LogP contribution in [0.5, 0.6) is 0 Å². The lowest BCUT2D eigenvalue weighted by Gasteiger charge is -2.29. The number of hydrogen-bond donors (Lipinski definition) is 1. The van der Waals surface area contributed by atoms with E-state index in [1.165, 1.54) is 6.20 Å². The van der Waals surface area contributed by atoms with E-state index in [-0.39, 0.29) is 17.6 Å². The molecule has 0 bridgehead atoms. The van der Waals surface area contributed by atoms with Gasteiger partial charge >= 0.3 is 5.97 Å². The van der Waals surface area contributed by atoms with Crippen LogP contribution in [0, 0.1) is 0 Å². The summed E-state index contributed by atoms with van der Waals surface area (Å²) in [4.78, 5) is 22.0. The molecule has 6 nitrogen and oxygen atoms in total. The molecule has 3 rings (SSSR count). The highest BCUT2D eigenvalue weighted by Gasteiger charge is 2.32. The van der Waals surface area contributed by atoms with Crippen molar-refractivity contribution < 1.29 is 14.6 Å². The van der Waals surface area contributed by atoms with Crippen LogP contribution in [0.2, 0.25) is 0 Å². The summed E-state index contributed by atoms with van der Waals surface area (Å²) in [5, 5.41) is 9.17. The monoisotopic (exact) mass is 263 g/mol. The highest BCUT2D eigenvalue weighted by Crippen LogP contribution is 2.40. The van der Waals surface area contributed by atoms with Crippen LogP contribution in [0.25, 0.3) is 0 Å². The van der Waals surface area contributed by atoms with Crippen LogP contribution in [-0.4, -0.2) is 52.7 Å². The first kappa shape index (κ1) is 12.5. The van der Waals surface area contributed by atoms with Crippen molar-refractivity contribution in [3.8, 4) is 0 Å². The zero-order chi connectivity index (χ0) is 13.4. The van der Waals surface area contributed by atoms with E-state index < -0.39 is 5.97 Å². The average molecular weight is 263 g/mol. The van der Waals surface area contributed by atoms with Gasteiger partial charge in [-0.1, -0.05) is 0 Å². The first-order chi connectivity index (χ1) is 9.15. The summed E-state index contributed by atoms with van der Waals surface area (Å²) < 4.78 is 5.68. The lowest BCUT2D eigenvalue weighted by molar-refractivity contribution is -0.0256. The Labute approximate surface area is 111 Å². The lowest BCUT2D eigenvalue weighted by atomic mass is 10.1. The van der Waals surface area contributed by atoms with Crippen LogP contribution in [-0.2, 0) is 4.74 Å². The van der Waals surface area contributed by atoms with Crippen molar-refractivity contribution in [1.82, 2.24) is 14.9 Å². The molecule has 6 heteroatoms. The number of rotatable bonds is 3. The van der Waals surface area contributed by atoms with Gasteiger partial charge in [-0.2, -0.15) is 0 Å². The van der Waals surface area contributed by atoms with Crippen molar-refractivity contribution in [2.75, 3.05) is 26.7 Å². The molecule has 1 saturated carbocycles. The van der Waals surface area contributed by atoms with Crippen molar-refractivity contribution in [2.24, 2.45) is 0 Å². The summed E-state index contributed by atoms with van der Waals surface area (Å²) in [7, 11) is 2.03. The predicted octanol–water partition coefficient (Wildman–Crippen LogP) is 1.06. The molecule has 19 heavy (non-hydrogen) atoms. The molecule has 2 aliphatic rings. The molecular weight excluding hydrogens is 246 g/mol. The number of aromatic carboxylic acids is 1. The third-order valence-corrected chi connectivity index (χ3v) is 3.59. The summed E-state index contributed by atoms with van der Waals surface area (Å²) in [6.07, 6.45) is 3.31. The highest BCUT2D eigenvalue weighted by atomic mass is 16.5. The third kappa shape index (κ3) is 2.59. The Morgan fingerprint density at radius 2 is 2.32 bits per heavy atom. The highest BCUT2D eigenvalue weighted by molar-refractivity contribution is 5.88. The van der Waals surface area contributed by atoms with E-state index in [1.807, 2.05) is 7.05 Å².